The van der Waals surface area contributed by atoms with Gasteiger partial charge in [-0.2, -0.15) is 5.10 Å². The maximum absolute atomic E-state index is 12.6. The maximum Gasteiger partial charge on any atom is 0.318 e. The summed E-state index contributed by atoms with van der Waals surface area (Å²) in [6.45, 7) is 1.82. The van der Waals surface area contributed by atoms with Crippen molar-refractivity contribution in [2.24, 2.45) is 0 Å². The first-order valence-electron chi connectivity index (χ1n) is 9.00. The summed E-state index contributed by atoms with van der Waals surface area (Å²) in [5.41, 5.74) is 0. The molecule has 1 aliphatic rings. The van der Waals surface area contributed by atoms with E-state index in [1.54, 1.807) is 25.4 Å². The Hall–Kier alpha value is -2.77. The van der Waals surface area contributed by atoms with Crippen molar-refractivity contribution in [3.05, 3.63) is 42.1 Å². The number of rotatable bonds is 6. The molecule has 2 aromatic heterocycles. The Morgan fingerprint density at radius 3 is 3.00 bits per heavy atom. The topological polar surface area (TPSA) is 92.4 Å². The van der Waals surface area contributed by atoms with Crippen molar-refractivity contribution < 1.29 is 14.0 Å². The normalized spacial score (nSPS) is 17.1. The van der Waals surface area contributed by atoms with Crippen molar-refractivity contribution in [1.82, 2.24) is 25.3 Å². The molecule has 3 amide bonds. The third-order valence-electron chi connectivity index (χ3n) is 4.66. The van der Waals surface area contributed by atoms with Crippen LogP contribution < -0.4 is 10.6 Å². The Kier molecular flexibility index (Phi) is 5.93. The molecule has 140 valence electrons. The van der Waals surface area contributed by atoms with Crippen molar-refractivity contribution in [3.8, 4) is 0 Å². The minimum absolute atomic E-state index is 0.0898. The molecular formula is C18H25N5O3. The van der Waals surface area contributed by atoms with Crippen molar-refractivity contribution in [1.29, 1.82) is 0 Å². The lowest BCUT2D eigenvalue weighted by Gasteiger charge is -2.35. The van der Waals surface area contributed by atoms with Crippen molar-refractivity contribution in [2.75, 3.05) is 13.6 Å². The minimum Gasteiger partial charge on any atom is -0.454 e. The zero-order chi connectivity index (χ0) is 18.4. The minimum atomic E-state index is -0.280. The number of aryl methyl sites for hydroxylation is 1. The molecule has 3 rings (SSSR count). The highest BCUT2D eigenvalue weighted by Gasteiger charge is 2.26. The van der Waals surface area contributed by atoms with Gasteiger partial charge in [-0.15, -0.1) is 0 Å². The second-order valence-corrected chi connectivity index (χ2v) is 6.40. The van der Waals surface area contributed by atoms with Crippen molar-refractivity contribution in [2.45, 2.75) is 44.8 Å². The van der Waals surface area contributed by atoms with E-state index in [2.05, 4.69) is 15.7 Å². The van der Waals surface area contributed by atoms with E-state index in [-0.39, 0.29) is 30.3 Å². The number of aromatic nitrogens is 2. The molecule has 8 nitrogen and oxygen atoms in total. The fraction of sp³-hybridized carbons (Fsp3) is 0.500. The molecule has 0 unspecified atom stereocenters. The molecule has 2 N–H and O–H groups in total. The van der Waals surface area contributed by atoms with E-state index < -0.39 is 0 Å². The lowest BCUT2D eigenvalue weighted by molar-refractivity contribution is 0.0933. The summed E-state index contributed by atoms with van der Waals surface area (Å²) >= 11 is 0. The van der Waals surface area contributed by atoms with Gasteiger partial charge in [0.25, 0.3) is 5.91 Å². The second kappa shape index (κ2) is 8.55. The highest BCUT2D eigenvalue weighted by Crippen LogP contribution is 2.20. The number of hydrogen-bond acceptors (Lipinski definition) is 4. The Labute approximate surface area is 152 Å². The van der Waals surface area contributed by atoms with Gasteiger partial charge < -0.3 is 20.0 Å². The Morgan fingerprint density at radius 2 is 2.23 bits per heavy atom. The van der Waals surface area contributed by atoms with Crippen LogP contribution >= 0.6 is 0 Å². The molecule has 1 fully saturated rings. The van der Waals surface area contributed by atoms with Gasteiger partial charge in [-0.3, -0.25) is 9.48 Å². The molecule has 1 aliphatic heterocycles. The number of likely N-dealkylation sites (tertiary alicyclic amines) is 1. The van der Waals surface area contributed by atoms with Crippen LogP contribution in [0.3, 0.4) is 0 Å². The first-order valence-corrected chi connectivity index (χ1v) is 9.00. The third-order valence-corrected chi connectivity index (χ3v) is 4.66. The van der Waals surface area contributed by atoms with E-state index in [1.165, 1.54) is 0 Å². The maximum atomic E-state index is 12.6. The predicted molar refractivity (Wildman–Crippen MR) is 95.5 cm³/mol. The summed E-state index contributed by atoms with van der Waals surface area (Å²) in [6.07, 6.45) is 7.76. The molecule has 26 heavy (non-hydrogen) atoms. The average Bonchev–Trinajstić information content (AvgIpc) is 3.36. The molecule has 0 bridgehead atoms. The molecular weight excluding hydrogens is 334 g/mol. The Balaban J connectivity index is 1.52. The van der Waals surface area contributed by atoms with Crippen LogP contribution in [0.4, 0.5) is 4.79 Å². The van der Waals surface area contributed by atoms with Crippen LogP contribution in [0.5, 0.6) is 0 Å². The molecule has 8 heteroatoms. The van der Waals surface area contributed by atoms with E-state index in [4.69, 9.17) is 4.42 Å². The molecule has 0 spiro atoms. The Bertz CT molecular complexity index is 725. The van der Waals surface area contributed by atoms with Crippen LogP contribution in [0, 0.1) is 0 Å². The first-order chi connectivity index (χ1) is 12.7. The number of piperidine rings is 1. The third kappa shape index (κ3) is 4.44. The number of urea groups is 1. The summed E-state index contributed by atoms with van der Waals surface area (Å²) in [6, 6.07) is 5.34. The highest BCUT2D eigenvalue weighted by molar-refractivity contribution is 5.91. The lowest BCUT2D eigenvalue weighted by atomic mass is 10.00. The summed E-state index contributed by atoms with van der Waals surface area (Å²) in [5, 5.41) is 9.63. The van der Waals surface area contributed by atoms with Crippen LogP contribution in [0.2, 0.25) is 0 Å². The van der Waals surface area contributed by atoms with Crippen LogP contribution in [-0.4, -0.2) is 46.3 Å². The zero-order valence-corrected chi connectivity index (χ0v) is 15.0. The van der Waals surface area contributed by atoms with Crippen molar-refractivity contribution >= 4 is 11.9 Å². The molecule has 1 saturated heterocycles. The molecule has 0 radical (unpaired) electrons. The number of amides is 3. The molecule has 1 atom stereocenters. The largest absolute Gasteiger partial charge is 0.454 e. The van der Waals surface area contributed by atoms with E-state index in [1.807, 2.05) is 21.8 Å². The number of carbonyl (C=O) groups excluding carboxylic acids is 2. The number of nitrogens with zero attached hydrogens (tertiary/aromatic N) is 3. The van der Waals surface area contributed by atoms with E-state index in [0.717, 1.165) is 38.8 Å². The monoisotopic (exact) mass is 359 g/mol. The van der Waals surface area contributed by atoms with Crippen LogP contribution in [-0.2, 0) is 13.1 Å². The van der Waals surface area contributed by atoms with Gasteiger partial charge in [0.2, 0.25) is 0 Å². The number of hydrogen-bond donors (Lipinski definition) is 2. The SMILES string of the molecule is CNC(=O)c1ccc(CNC(=O)N2CCCC[C@@H]2CCn2cccn2)o1. The van der Waals surface area contributed by atoms with Gasteiger partial charge in [-0.05, 0) is 43.9 Å². The molecule has 0 saturated carbocycles. The fourth-order valence-electron chi connectivity index (χ4n) is 3.26. The highest BCUT2D eigenvalue weighted by atomic mass is 16.4. The van der Waals surface area contributed by atoms with Crippen LogP contribution in [0.15, 0.2) is 35.0 Å². The molecule has 3 heterocycles. The van der Waals surface area contributed by atoms with Gasteiger partial charge in [-0.1, -0.05) is 0 Å². The van der Waals surface area contributed by atoms with Gasteiger partial charge in [0.1, 0.15) is 5.76 Å². The summed E-state index contributed by atoms with van der Waals surface area (Å²) in [5.74, 6) is 0.520. The number of nitrogens with one attached hydrogen (secondary N) is 2. The first kappa shape index (κ1) is 18.0. The lowest BCUT2D eigenvalue weighted by Crippen LogP contribution is -2.48. The smallest absolute Gasteiger partial charge is 0.318 e. The average molecular weight is 359 g/mol. The summed E-state index contributed by atoms with van der Waals surface area (Å²) in [7, 11) is 1.55. The molecule has 0 aliphatic carbocycles. The van der Waals surface area contributed by atoms with Crippen LogP contribution in [0.25, 0.3) is 0 Å². The fourth-order valence-corrected chi connectivity index (χ4v) is 3.26. The standard InChI is InChI=1S/C18H25N5O3/c1-19-17(24)16-7-6-15(26-16)13-20-18(25)23-11-3-2-5-14(23)8-12-22-10-4-9-21-22/h4,6-7,9-10,14H,2-3,5,8,11-13H2,1H3,(H,19,24)(H,20,25)/t14-/m1/s1. The van der Waals surface area contributed by atoms with Gasteiger partial charge in [0.05, 0.1) is 6.54 Å². The quantitative estimate of drug-likeness (QED) is 0.825. The van der Waals surface area contributed by atoms with Gasteiger partial charge >= 0.3 is 6.03 Å². The van der Waals surface area contributed by atoms with Gasteiger partial charge in [0, 0.05) is 38.6 Å². The second-order valence-electron chi connectivity index (χ2n) is 6.40. The zero-order valence-electron chi connectivity index (χ0n) is 15.0. The summed E-state index contributed by atoms with van der Waals surface area (Å²) in [4.78, 5) is 26.0. The van der Waals surface area contributed by atoms with Gasteiger partial charge in [-0.25, -0.2) is 4.79 Å². The van der Waals surface area contributed by atoms with E-state index >= 15 is 0 Å². The summed E-state index contributed by atoms with van der Waals surface area (Å²) < 4.78 is 7.34. The molecule has 0 aromatic carbocycles. The number of furan rings is 1. The molecule has 2 aromatic rings. The number of carbonyl (C=O) groups is 2. The van der Waals surface area contributed by atoms with E-state index in [9.17, 15) is 9.59 Å². The van der Waals surface area contributed by atoms with E-state index in [0.29, 0.717) is 5.76 Å². The Morgan fingerprint density at radius 1 is 1.35 bits per heavy atom. The predicted octanol–water partition coefficient (Wildman–Crippen LogP) is 1.99. The van der Waals surface area contributed by atoms with Gasteiger partial charge in [0.15, 0.2) is 5.76 Å². The van der Waals surface area contributed by atoms with Crippen LogP contribution in [0.1, 0.15) is 42.0 Å². The van der Waals surface area contributed by atoms with Crippen molar-refractivity contribution in [3.63, 3.8) is 0 Å².